The van der Waals surface area contributed by atoms with E-state index in [1.165, 1.54) is 0 Å². The minimum absolute atomic E-state index is 0.125. The van der Waals surface area contributed by atoms with Crippen molar-refractivity contribution in [1.82, 2.24) is 0 Å². The van der Waals surface area contributed by atoms with Crippen molar-refractivity contribution in [3.05, 3.63) is 0 Å². The molecule has 0 aliphatic carbocycles. The Morgan fingerprint density at radius 1 is 1.50 bits per heavy atom. The molecule has 2 atom stereocenters. The lowest BCUT2D eigenvalue weighted by atomic mass is 10.3. The fourth-order valence-corrected chi connectivity index (χ4v) is 1.92. The second kappa shape index (κ2) is 2.48. The van der Waals surface area contributed by atoms with Gasteiger partial charge in [0.2, 0.25) is 0 Å². The number of hydrogen-bond acceptors (Lipinski definition) is 4. The molecular weight excluding hydrogens is 156 g/mol. The van der Waals surface area contributed by atoms with Gasteiger partial charge in [-0.25, -0.2) is 8.42 Å². The Kier molecular flexibility index (Phi) is 1.98. The molecule has 4 nitrogen and oxygen atoms in total. The first-order valence-electron chi connectivity index (χ1n) is 2.96. The summed E-state index contributed by atoms with van der Waals surface area (Å²) in [5.41, 5.74) is 0. The maximum Gasteiger partial charge on any atom is 0.155 e. The summed E-state index contributed by atoms with van der Waals surface area (Å²) in [6.07, 6.45) is 0.269. The van der Waals surface area contributed by atoms with Gasteiger partial charge in [0.1, 0.15) is 5.25 Å². The Bertz CT molecular complexity index is 208. The molecule has 0 radical (unpaired) electrons. The molecule has 60 valence electrons. The van der Waals surface area contributed by atoms with E-state index >= 15 is 0 Å². The summed E-state index contributed by atoms with van der Waals surface area (Å²) in [5, 5.41) is 8.31. The molecule has 0 saturated carbocycles. The van der Waals surface area contributed by atoms with Crippen LogP contribution in [0.5, 0.6) is 0 Å². The van der Waals surface area contributed by atoms with Crippen molar-refractivity contribution in [2.75, 3.05) is 19.5 Å². The third-order valence-corrected chi connectivity index (χ3v) is 3.10. The molecule has 1 N–H and O–H groups in total. The van der Waals surface area contributed by atoms with Crippen LogP contribution in [0.4, 0.5) is 0 Å². The van der Waals surface area contributed by atoms with Crippen LogP contribution in [0.25, 0.3) is 0 Å². The van der Waals surface area contributed by atoms with Crippen LogP contribution < -0.4 is 0 Å². The number of rotatable bonds is 1. The van der Waals surface area contributed by atoms with Gasteiger partial charge in [0.25, 0.3) is 0 Å². The van der Waals surface area contributed by atoms with Crippen molar-refractivity contribution >= 4 is 9.84 Å². The number of ether oxygens (including phenoxy) is 1. The van der Waals surface area contributed by atoms with Gasteiger partial charge in [-0.1, -0.05) is 0 Å². The lowest BCUT2D eigenvalue weighted by molar-refractivity contribution is 0.127. The van der Waals surface area contributed by atoms with Crippen molar-refractivity contribution in [1.29, 1.82) is 0 Å². The zero-order chi connectivity index (χ0) is 7.78. The number of aliphatic hydroxyl groups excluding tert-OH is 1. The van der Waals surface area contributed by atoms with Crippen molar-refractivity contribution in [3.8, 4) is 0 Å². The first-order valence-corrected chi connectivity index (χ1v) is 4.92. The largest absolute Gasteiger partial charge is 0.389 e. The molecule has 0 spiro atoms. The van der Waals surface area contributed by atoms with Crippen LogP contribution in [0.3, 0.4) is 0 Å². The Hall–Kier alpha value is -0.130. The summed E-state index contributed by atoms with van der Waals surface area (Å²) < 4.78 is 26.4. The lowest BCUT2D eigenvalue weighted by Crippen LogP contribution is -2.31. The molecule has 1 rings (SSSR count). The average Bonchev–Trinajstić information content (AvgIpc) is 2.11. The van der Waals surface area contributed by atoms with Gasteiger partial charge in [0, 0.05) is 6.26 Å². The predicted molar refractivity (Wildman–Crippen MR) is 35.5 cm³/mol. The highest BCUT2D eigenvalue weighted by Gasteiger charge is 2.34. The molecule has 2 unspecified atom stereocenters. The van der Waals surface area contributed by atoms with Gasteiger partial charge in [-0.15, -0.1) is 0 Å². The maximum absolute atomic E-state index is 10.8. The second-order valence-electron chi connectivity index (χ2n) is 2.47. The van der Waals surface area contributed by atoms with E-state index in [1.807, 2.05) is 0 Å². The molecule has 0 aromatic rings. The fraction of sp³-hybridized carbons (Fsp3) is 1.00. The van der Waals surface area contributed by atoms with Gasteiger partial charge >= 0.3 is 0 Å². The third-order valence-electron chi connectivity index (χ3n) is 1.55. The minimum atomic E-state index is -3.13. The summed E-state index contributed by atoms with van der Waals surface area (Å²) >= 11 is 0. The summed E-state index contributed by atoms with van der Waals surface area (Å²) in [7, 11) is -3.13. The van der Waals surface area contributed by atoms with Crippen LogP contribution in [0.15, 0.2) is 0 Å². The molecule has 10 heavy (non-hydrogen) atoms. The van der Waals surface area contributed by atoms with Crippen LogP contribution in [0, 0.1) is 0 Å². The molecule has 1 aliphatic rings. The summed E-state index contributed by atoms with van der Waals surface area (Å²) in [6, 6.07) is 0. The summed E-state index contributed by atoms with van der Waals surface area (Å²) in [5.74, 6) is 0. The number of hydrogen-bond donors (Lipinski definition) is 1. The van der Waals surface area contributed by atoms with Crippen molar-refractivity contribution < 1.29 is 18.3 Å². The quantitative estimate of drug-likeness (QED) is 0.531. The van der Waals surface area contributed by atoms with Crippen molar-refractivity contribution in [3.63, 3.8) is 0 Å². The second-order valence-corrected chi connectivity index (χ2v) is 4.74. The molecule has 0 amide bonds. The first-order chi connectivity index (χ1) is 4.52. The third kappa shape index (κ3) is 1.47. The molecule has 0 aromatic carbocycles. The minimum Gasteiger partial charge on any atom is -0.389 e. The zero-order valence-corrected chi connectivity index (χ0v) is 6.47. The number of sulfone groups is 1. The molecule has 1 heterocycles. The first kappa shape index (κ1) is 7.97. The smallest absolute Gasteiger partial charge is 0.155 e. The highest BCUT2D eigenvalue weighted by atomic mass is 32.2. The Balaban J connectivity index is 2.74. The van der Waals surface area contributed by atoms with E-state index in [0.29, 0.717) is 0 Å². The van der Waals surface area contributed by atoms with E-state index in [-0.39, 0.29) is 13.2 Å². The Morgan fingerprint density at radius 3 is 2.30 bits per heavy atom. The van der Waals surface area contributed by atoms with Crippen molar-refractivity contribution in [2.24, 2.45) is 0 Å². The molecule has 0 bridgehead atoms. The average molecular weight is 166 g/mol. The highest BCUT2D eigenvalue weighted by Crippen LogP contribution is 2.12. The van der Waals surface area contributed by atoms with E-state index in [2.05, 4.69) is 0 Å². The monoisotopic (exact) mass is 166 g/mol. The van der Waals surface area contributed by atoms with E-state index in [0.717, 1.165) is 6.26 Å². The van der Waals surface area contributed by atoms with Crippen LogP contribution in [-0.4, -0.2) is 44.3 Å². The normalized spacial score (nSPS) is 34.6. The maximum atomic E-state index is 10.8. The standard InChI is InChI=1S/C5H10O4S/c1-10(7,8)5-3-9-2-4(5)6/h4-6H,2-3H2,1H3. The fourth-order valence-electron chi connectivity index (χ4n) is 0.932. The van der Waals surface area contributed by atoms with E-state index in [1.54, 1.807) is 0 Å². The van der Waals surface area contributed by atoms with Gasteiger partial charge in [0.05, 0.1) is 19.3 Å². The van der Waals surface area contributed by atoms with Gasteiger partial charge in [-0.05, 0) is 0 Å². The lowest BCUT2D eigenvalue weighted by Gasteiger charge is -2.08. The Labute approximate surface area is 59.7 Å². The molecule has 5 heteroatoms. The predicted octanol–water partition coefficient (Wildman–Crippen LogP) is -1.21. The van der Waals surface area contributed by atoms with Gasteiger partial charge in [-0.3, -0.25) is 0 Å². The van der Waals surface area contributed by atoms with Gasteiger partial charge in [0.15, 0.2) is 9.84 Å². The van der Waals surface area contributed by atoms with E-state index in [4.69, 9.17) is 9.84 Å². The SMILES string of the molecule is CS(=O)(=O)C1COCC1O. The number of aliphatic hydroxyl groups is 1. The highest BCUT2D eigenvalue weighted by molar-refractivity contribution is 7.91. The molecule has 1 aliphatic heterocycles. The summed E-state index contributed by atoms with van der Waals surface area (Å²) in [4.78, 5) is 0. The van der Waals surface area contributed by atoms with Crippen LogP contribution in [0.2, 0.25) is 0 Å². The van der Waals surface area contributed by atoms with Gasteiger partial charge < -0.3 is 9.84 Å². The van der Waals surface area contributed by atoms with Crippen molar-refractivity contribution in [2.45, 2.75) is 11.4 Å². The molecule has 1 fully saturated rings. The molecule has 1 saturated heterocycles. The Morgan fingerprint density at radius 2 is 2.10 bits per heavy atom. The van der Waals surface area contributed by atoms with Gasteiger partial charge in [-0.2, -0.15) is 0 Å². The van der Waals surface area contributed by atoms with E-state index in [9.17, 15) is 8.42 Å². The summed E-state index contributed by atoms with van der Waals surface area (Å²) in [6.45, 7) is 0.262. The topological polar surface area (TPSA) is 63.6 Å². The van der Waals surface area contributed by atoms with E-state index < -0.39 is 21.2 Å². The van der Waals surface area contributed by atoms with Crippen LogP contribution in [0.1, 0.15) is 0 Å². The molecular formula is C5H10O4S. The van der Waals surface area contributed by atoms with Crippen LogP contribution in [-0.2, 0) is 14.6 Å². The zero-order valence-electron chi connectivity index (χ0n) is 5.65. The van der Waals surface area contributed by atoms with Crippen LogP contribution >= 0.6 is 0 Å². The molecule has 0 aromatic heterocycles.